The summed E-state index contributed by atoms with van der Waals surface area (Å²) in [6, 6.07) is 3.41. The normalized spacial score (nSPS) is 28.5. The molecule has 3 rings (SSSR count). The molecule has 1 saturated heterocycles. The Morgan fingerprint density at radius 3 is 2.76 bits per heavy atom. The molecule has 4 heteroatoms. The number of ether oxygens (including phenoxy) is 2. The summed E-state index contributed by atoms with van der Waals surface area (Å²) < 4.78 is 25.9. The zero-order valence-electron chi connectivity index (χ0n) is 13.0. The average Bonchev–Trinajstić information content (AvgIpc) is 2.77. The smallest absolute Gasteiger partial charge is 0.165 e. The van der Waals surface area contributed by atoms with E-state index < -0.39 is 5.60 Å². The SMILES string of the molecule is CC(C)(C)Cc1cc(F)c2c(c1)[C@@H](N)C[C@@]1(CCOC1)O2. The average molecular weight is 293 g/mol. The molecule has 116 valence electrons. The molecule has 2 aliphatic heterocycles. The summed E-state index contributed by atoms with van der Waals surface area (Å²) in [7, 11) is 0. The number of halogens is 1. The fourth-order valence-corrected chi connectivity index (χ4v) is 3.37. The van der Waals surface area contributed by atoms with Gasteiger partial charge in [-0.15, -0.1) is 0 Å². The van der Waals surface area contributed by atoms with Gasteiger partial charge in [-0.1, -0.05) is 26.8 Å². The Labute approximate surface area is 125 Å². The van der Waals surface area contributed by atoms with E-state index in [1.54, 1.807) is 6.07 Å². The third kappa shape index (κ3) is 2.92. The van der Waals surface area contributed by atoms with Crippen LogP contribution >= 0.6 is 0 Å². The molecule has 0 bridgehead atoms. The van der Waals surface area contributed by atoms with Gasteiger partial charge < -0.3 is 15.2 Å². The van der Waals surface area contributed by atoms with Crippen LogP contribution < -0.4 is 10.5 Å². The molecule has 2 heterocycles. The van der Waals surface area contributed by atoms with E-state index in [9.17, 15) is 4.39 Å². The second kappa shape index (κ2) is 4.96. The zero-order valence-corrected chi connectivity index (χ0v) is 13.0. The van der Waals surface area contributed by atoms with Gasteiger partial charge in [-0.25, -0.2) is 4.39 Å². The van der Waals surface area contributed by atoms with Crippen molar-refractivity contribution >= 4 is 0 Å². The van der Waals surface area contributed by atoms with Crippen molar-refractivity contribution in [1.82, 2.24) is 0 Å². The highest BCUT2D eigenvalue weighted by Gasteiger charge is 2.44. The monoisotopic (exact) mass is 293 g/mol. The fourth-order valence-electron chi connectivity index (χ4n) is 3.37. The molecule has 0 aromatic heterocycles. The molecule has 1 fully saturated rings. The minimum atomic E-state index is -0.432. The Kier molecular flexibility index (Phi) is 3.49. The van der Waals surface area contributed by atoms with Crippen molar-refractivity contribution in [1.29, 1.82) is 0 Å². The van der Waals surface area contributed by atoms with Crippen molar-refractivity contribution in [2.75, 3.05) is 13.2 Å². The number of hydrogen-bond donors (Lipinski definition) is 1. The summed E-state index contributed by atoms with van der Waals surface area (Å²) in [5, 5.41) is 0. The first-order chi connectivity index (χ1) is 9.78. The lowest BCUT2D eigenvalue weighted by atomic mass is 9.83. The van der Waals surface area contributed by atoms with E-state index in [-0.39, 0.29) is 17.3 Å². The maximum absolute atomic E-state index is 14.5. The molecule has 0 unspecified atom stereocenters. The van der Waals surface area contributed by atoms with E-state index in [1.165, 1.54) is 0 Å². The summed E-state index contributed by atoms with van der Waals surface area (Å²) in [6.07, 6.45) is 2.29. The molecule has 2 N–H and O–H groups in total. The maximum atomic E-state index is 14.5. The second-order valence-corrected chi connectivity index (χ2v) is 7.63. The largest absolute Gasteiger partial charge is 0.481 e. The van der Waals surface area contributed by atoms with Gasteiger partial charge >= 0.3 is 0 Å². The van der Waals surface area contributed by atoms with Crippen LogP contribution in [-0.4, -0.2) is 18.8 Å². The maximum Gasteiger partial charge on any atom is 0.165 e. The van der Waals surface area contributed by atoms with E-state index >= 15 is 0 Å². The quantitative estimate of drug-likeness (QED) is 0.863. The molecule has 21 heavy (non-hydrogen) atoms. The van der Waals surface area contributed by atoms with Gasteiger partial charge in [0.05, 0.1) is 13.2 Å². The lowest BCUT2D eigenvalue weighted by molar-refractivity contribution is 0.0198. The first kappa shape index (κ1) is 14.8. The molecule has 1 aromatic carbocycles. The number of fused-ring (bicyclic) bond motifs is 1. The Bertz CT molecular complexity index is 544. The minimum absolute atomic E-state index is 0.112. The van der Waals surface area contributed by atoms with Gasteiger partial charge in [-0.2, -0.15) is 0 Å². The summed E-state index contributed by atoms with van der Waals surface area (Å²) in [5.41, 5.74) is 7.76. The third-order valence-corrected chi connectivity index (χ3v) is 4.24. The van der Waals surface area contributed by atoms with E-state index in [1.807, 2.05) is 6.07 Å². The molecule has 1 spiro atoms. The fraction of sp³-hybridized carbons (Fsp3) is 0.647. The number of hydrogen-bond acceptors (Lipinski definition) is 3. The van der Waals surface area contributed by atoms with Crippen molar-refractivity contribution in [2.45, 2.75) is 51.7 Å². The van der Waals surface area contributed by atoms with E-state index in [2.05, 4.69) is 20.8 Å². The van der Waals surface area contributed by atoms with Crippen LogP contribution in [0.25, 0.3) is 0 Å². The first-order valence-electron chi connectivity index (χ1n) is 7.63. The Morgan fingerprint density at radius 2 is 2.14 bits per heavy atom. The van der Waals surface area contributed by atoms with Crippen LogP contribution in [0.1, 0.15) is 50.8 Å². The van der Waals surface area contributed by atoms with Crippen LogP contribution in [0.15, 0.2) is 12.1 Å². The third-order valence-electron chi connectivity index (χ3n) is 4.24. The van der Waals surface area contributed by atoms with Crippen molar-refractivity contribution in [3.05, 3.63) is 29.1 Å². The number of rotatable bonds is 1. The highest BCUT2D eigenvalue weighted by molar-refractivity contribution is 5.43. The predicted octanol–water partition coefficient (Wildman–Crippen LogP) is 3.36. The van der Waals surface area contributed by atoms with Crippen LogP contribution in [0.5, 0.6) is 5.75 Å². The summed E-state index contributed by atoms with van der Waals surface area (Å²) in [6.45, 7) is 7.60. The van der Waals surface area contributed by atoms with Crippen LogP contribution in [0.2, 0.25) is 0 Å². The molecule has 0 aliphatic carbocycles. The summed E-state index contributed by atoms with van der Waals surface area (Å²) >= 11 is 0. The standard InChI is InChI=1S/C17H24FNO2/c1-16(2,3)8-11-6-12-14(19)9-17(4-5-20-10-17)21-15(12)13(18)7-11/h6-7,14H,4-5,8-10,19H2,1-3H3/t14-,17+/m0/s1. The minimum Gasteiger partial charge on any atom is -0.481 e. The van der Waals surface area contributed by atoms with E-state index in [0.717, 1.165) is 24.0 Å². The van der Waals surface area contributed by atoms with Crippen LogP contribution in [0.3, 0.4) is 0 Å². The molecule has 2 aliphatic rings. The second-order valence-electron chi connectivity index (χ2n) is 7.63. The Balaban J connectivity index is 1.96. The van der Waals surface area contributed by atoms with Crippen LogP contribution in [-0.2, 0) is 11.2 Å². The van der Waals surface area contributed by atoms with Crippen molar-refractivity contribution in [2.24, 2.45) is 11.1 Å². The lowest BCUT2D eigenvalue weighted by Crippen LogP contribution is -2.43. The van der Waals surface area contributed by atoms with Gasteiger partial charge in [0.15, 0.2) is 11.6 Å². The predicted molar refractivity (Wildman–Crippen MR) is 79.9 cm³/mol. The van der Waals surface area contributed by atoms with Crippen molar-refractivity contribution < 1.29 is 13.9 Å². The highest BCUT2D eigenvalue weighted by Crippen LogP contribution is 2.44. The van der Waals surface area contributed by atoms with Gasteiger partial charge in [-0.3, -0.25) is 0 Å². The molecule has 0 amide bonds. The van der Waals surface area contributed by atoms with E-state index in [4.69, 9.17) is 15.2 Å². The molecule has 1 aromatic rings. The molecular formula is C17H24FNO2. The Hall–Kier alpha value is -1.13. The highest BCUT2D eigenvalue weighted by atomic mass is 19.1. The zero-order chi connectivity index (χ0) is 15.3. The molecule has 0 saturated carbocycles. The van der Waals surface area contributed by atoms with Gasteiger partial charge in [0.1, 0.15) is 5.60 Å². The summed E-state index contributed by atoms with van der Waals surface area (Å²) in [5.74, 6) is 0.0325. The number of nitrogens with two attached hydrogens (primary N) is 1. The van der Waals surface area contributed by atoms with Crippen LogP contribution in [0.4, 0.5) is 4.39 Å². The molecule has 3 nitrogen and oxygen atoms in total. The van der Waals surface area contributed by atoms with Gasteiger partial charge in [0.25, 0.3) is 0 Å². The van der Waals surface area contributed by atoms with Gasteiger partial charge in [0.2, 0.25) is 0 Å². The van der Waals surface area contributed by atoms with E-state index in [0.29, 0.717) is 25.4 Å². The lowest BCUT2D eigenvalue weighted by Gasteiger charge is -2.38. The van der Waals surface area contributed by atoms with Crippen molar-refractivity contribution in [3.63, 3.8) is 0 Å². The van der Waals surface area contributed by atoms with Crippen molar-refractivity contribution in [3.8, 4) is 5.75 Å². The molecule has 2 atom stereocenters. The summed E-state index contributed by atoms with van der Waals surface area (Å²) in [4.78, 5) is 0. The molecular weight excluding hydrogens is 269 g/mol. The van der Waals surface area contributed by atoms with Gasteiger partial charge in [0, 0.05) is 24.4 Å². The van der Waals surface area contributed by atoms with Gasteiger partial charge in [-0.05, 0) is 23.5 Å². The molecule has 0 radical (unpaired) electrons. The van der Waals surface area contributed by atoms with Crippen LogP contribution in [0, 0.1) is 11.2 Å². The first-order valence-corrected chi connectivity index (χ1v) is 7.63. The topological polar surface area (TPSA) is 44.5 Å². The Morgan fingerprint density at radius 1 is 1.38 bits per heavy atom. The number of benzene rings is 1.